The predicted octanol–water partition coefficient (Wildman–Crippen LogP) is 5.35. The topological polar surface area (TPSA) is 61.8 Å². The maximum absolute atomic E-state index is 13.7. The molecule has 1 saturated carbocycles. The molecule has 2 aromatic rings. The number of carbonyl (C=O) groups is 2. The molecule has 1 fully saturated rings. The van der Waals surface area contributed by atoms with E-state index in [-0.39, 0.29) is 17.1 Å². The van der Waals surface area contributed by atoms with Gasteiger partial charge in [-0.3, -0.25) is 14.6 Å². The van der Waals surface area contributed by atoms with Crippen molar-refractivity contribution in [2.75, 3.05) is 24.3 Å². The number of amides is 1. The second-order valence-corrected chi connectivity index (χ2v) is 9.99. The SMILES string of the molecule is CC1=C(C(=O)Nc2cccc(F)c2)[C@@H](c2ccc(N(C)C)cc2)[C@H]2C(=O)CC(C)(C)CC2=N1. The van der Waals surface area contributed by atoms with E-state index in [0.717, 1.165) is 17.0 Å². The summed E-state index contributed by atoms with van der Waals surface area (Å²) in [4.78, 5) is 33.6. The van der Waals surface area contributed by atoms with Crippen LogP contribution in [0.3, 0.4) is 0 Å². The van der Waals surface area contributed by atoms with Crippen LogP contribution < -0.4 is 10.2 Å². The van der Waals surface area contributed by atoms with Gasteiger partial charge >= 0.3 is 0 Å². The average molecular weight is 448 g/mol. The van der Waals surface area contributed by atoms with Crippen molar-refractivity contribution < 1.29 is 14.0 Å². The Morgan fingerprint density at radius 3 is 2.42 bits per heavy atom. The number of hydrogen-bond donors (Lipinski definition) is 1. The molecule has 5 nitrogen and oxygen atoms in total. The summed E-state index contributed by atoms with van der Waals surface area (Å²) in [6.07, 6.45) is 1.16. The number of nitrogens with one attached hydrogen (secondary N) is 1. The Morgan fingerprint density at radius 1 is 1.09 bits per heavy atom. The van der Waals surface area contributed by atoms with Crippen LogP contribution in [0.2, 0.25) is 0 Å². The molecule has 0 spiro atoms. The lowest BCUT2D eigenvalue weighted by molar-refractivity contribution is -0.124. The van der Waals surface area contributed by atoms with Crippen LogP contribution in [0.15, 0.2) is 64.8 Å². The quantitative estimate of drug-likeness (QED) is 0.687. The summed E-state index contributed by atoms with van der Waals surface area (Å²) in [5.41, 5.74) is 4.04. The lowest BCUT2D eigenvalue weighted by Gasteiger charge is -2.41. The van der Waals surface area contributed by atoms with Gasteiger partial charge in [-0.2, -0.15) is 0 Å². The molecule has 1 aliphatic heterocycles. The lowest BCUT2D eigenvalue weighted by Crippen LogP contribution is -2.44. The Morgan fingerprint density at radius 2 is 1.79 bits per heavy atom. The summed E-state index contributed by atoms with van der Waals surface area (Å²) >= 11 is 0. The molecule has 2 aromatic carbocycles. The van der Waals surface area contributed by atoms with Crippen LogP contribution in [0.1, 0.15) is 45.1 Å². The Hall–Kier alpha value is -3.28. The highest BCUT2D eigenvalue weighted by Gasteiger charge is 2.47. The first-order valence-electron chi connectivity index (χ1n) is 11.2. The molecule has 1 aliphatic carbocycles. The summed E-state index contributed by atoms with van der Waals surface area (Å²) < 4.78 is 13.7. The van der Waals surface area contributed by atoms with E-state index >= 15 is 0 Å². The number of nitrogens with zero attached hydrogens (tertiary/aromatic N) is 2. The van der Waals surface area contributed by atoms with Gasteiger partial charge in [0.1, 0.15) is 11.6 Å². The molecule has 33 heavy (non-hydrogen) atoms. The first kappa shape index (κ1) is 22.9. The van der Waals surface area contributed by atoms with Crippen molar-refractivity contribution in [1.82, 2.24) is 0 Å². The second kappa shape index (κ2) is 8.58. The lowest BCUT2D eigenvalue weighted by atomic mass is 9.63. The molecular weight excluding hydrogens is 417 g/mol. The molecular formula is C27H30FN3O2. The first-order chi connectivity index (χ1) is 15.6. The third-order valence-corrected chi connectivity index (χ3v) is 6.46. The number of carbonyl (C=O) groups excluding carboxylic acids is 2. The third kappa shape index (κ3) is 4.61. The zero-order valence-corrected chi connectivity index (χ0v) is 19.8. The normalized spacial score (nSPS) is 21.9. The van der Waals surface area contributed by atoms with Gasteiger partial charge in [0.15, 0.2) is 0 Å². The van der Waals surface area contributed by atoms with Crippen molar-refractivity contribution in [1.29, 1.82) is 0 Å². The van der Waals surface area contributed by atoms with Gasteiger partial charge in [0.25, 0.3) is 5.91 Å². The monoisotopic (exact) mass is 447 g/mol. The third-order valence-electron chi connectivity index (χ3n) is 6.46. The van der Waals surface area contributed by atoms with Crippen molar-refractivity contribution >= 4 is 28.8 Å². The number of allylic oxidation sites excluding steroid dienone is 1. The van der Waals surface area contributed by atoms with Crippen molar-refractivity contribution in [2.24, 2.45) is 16.3 Å². The summed E-state index contributed by atoms with van der Waals surface area (Å²) in [6, 6.07) is 13.8. The van der Waals surface area contributed by atoms with Crippen LogP contribution in [-0.4, -0.2) is 31.5 Å². The molecule has 0 radical (unpaired) electrons. The van der Waals surface area contributed by atoms with Gasteiger partial charge in [-0.1, -0.05) is 32.0 Å². The number of fused-ring (bicyclic) bond motifs is 1. The van der Waals surface area contributed by atoms with Gasteiger partial charge < -0.3 is 10.2 Å². The van der Waals surface area contributed by atoms with Crippen molar-refractivity contribution in [3.63, 3.8) is 0 Å². The number of anilines is 2. The fourth-order valence-electron chi connectivity index (χ4n) is 4.99. The average Bonchev–Trinajstić information content (AvgIpc) is 2.71. The maximum Gasteiger partial charge on any atom is 0.254 e. The molecule has 2 aliphatic rings. The molecule has 0 unspecified atom stereocenters. The van der Waals surface area contributed by atoms with E-state index in [1.165, 1.54) is 12.1 Å². The van der Waals surface area contributed by atoms with Gasteiger partial charge in [0.2, 0.25) is 0 Å². The van der Waals surface area contributed by atoms with Crippen molar-refractivity contribution in [3.8, 4) is 0 Å². The van der Waals surface area contributed by atoms with Gasteiger partial charge in [-0.25, -0.2) is 4.39 Å². The minimum absolute atomic E-state index is 0.107. The van der Waals surface area contributed by atoms with Gasteiger partial charge in [-0.05, 0) is 54.7 Å². The molecule has 4 rings (SSSR count). The van der Waals surface area contributed by atoms with Crippen LogP contribution >= 0.6 is 0 Å². The van der Waals surface area contributed by atoms with Crippen LogP contribution in [0.4, 0.5) is 15.8 Å². The van der Waals surface area contributed by atoms with E-state index < -0.39 is 17.7 Å². The zero-order chi connectivity index (χ0) is 23.9. The minimum Gasteiger partial charge on any atom is -0.378 e. The number of hydrogen-bond acceptors (Lipinski definition) is 4. The van der Waals surface area contributed by atoms with Crippen LogP contribution in [0, 0.1) is 17.2 Å². The van der Waals surface area contributed by atoms with E-state index in [2.05, 4.69) is 19.2 Å². The molecule has 0 aromatic heterocycles. The highest BCUT2D eigenvalue weighted by Crippen LogP contribution is 2.47. The largest absolute Gasteiger partial charge is 0.378 e. The molecule has 1 N–H and O–H groups in total. The number of ketones is 1. The molecule has 0 saturated heterocycles. The van der Waals surface area contributed by atoms with Crippen LogP contribution in [0.5, 0.6) is 0 Å². The fourth-order valence-corrected chi connectivity index (χ4v) is 4.99. The number of halogens is 1. The zero-order valence-electron chi connectivity index (χ0n) is 19.8. The molecule has 2 atom stereocenters. The molecule has 1 heterocycles. The van der Waals surface area contributed by atoms with E-state index in [9.17, 15) is 14.0 Å². The summed E-state index contributed by atoms with van der Waals surface area (Å²) in [5, 5.41) is 2.81. The van der Waals surface area contributed by atoms with Gasteiger partial charge in [0.05, 0.1) is 5.92 Å². The fraction of sp³-hybridized carbons (Fsp3) is 0.370. The van der Waals surface area contributed by atoms with Crippen LogP contribution in [-0.2, 0) is 9.59 Å². The first-order valence-corrected chi connectivity index (χ1v) is 11.2. The Balaban J connectivity index is 1.80. The Bertz CT molecular complexity index is 1160. The number of aliphatic imine (C=N–C) groups is 1. The van der Waals surface area contributed by atoms with E-state index in [0.29, 0.717) is 29.8 Å². The number of rotatable bonds is 4. The summed E-state index contributed by atoms with van der Waals surface area (Å²) in [6.45, 7) is 5.97. The van der Waals surface area contributed by atoms with E-state index in [1.54, 1.807) is 12.1 Å². The smallest absolute Gasteiger partial charge is 0.254 e. The van der Waals surface area contributed by atoms with Gasteiger partial charge in [0, 0.05) is 54.8 Å². The minimum atomic E-state index is -0.472. The second-order valence-electron chi connectivity index (χ2n) is 9.99. The molecule has 172 valence electrons. The summed E-state index contributed by atoms with van der Waals surface area (Å²) in [7, 11) is 3.93. The summed E-state index contributed by atoms with van der Waals surface area (Å²) in [5.74, 6) is -1.59. The molecule has 1 amide bonds. The molecule has 6 heteroatoms. The number of Topliss-reactive ketones (excluding diaryl/α,β-unsaturated/α-hetero) is 1. The van der Waals surface area contributed by atoms with Crippen molar-refractivity contribution in [2.45, 2.75) is 39.5 Å². The molecule has 0 bridgehead atoms. The van der Waals surface area contributed by atoms with E-state index in [4.69, 9.17) is 4.99 Å². The van der Waals surface area contributed by atoms with Crippen LogP contribution in [0.25, 0.3) is 0 Å². The predicted molar refractivity (Wildman–Crippen MR) is 130 cm³/mol. The van der Waals surface area contributed by atoms with E-state index in [1.807, 2.05) is 50.2 Å². The standard InChI is InChI=1S/C27H30FN3O2/c1-16-23(26(33)30-19-8-6-7-18(28)13-19)24(17-9-11-20(12-10-17)31(4)5)25-21(29-16)14-27(2,3)15-22(25)32/h6-13,24-25H,14-15H2,1-5H3,(H,30,33)/t24-,25-/m1/s1. The van der Waals surface area contributed by atoms with Crippen molar-refractivity contribution in [3.05, 3.63) is 71.2 Å². The highest BCUT2D eigenvalue weighted by atomic mass is 19.1. The Labute approximate surface area is 194 Å². The highest BCUT2D eigenvalue weighted by molar-refractivity contribution is 6.14. The maximum atomic E-state index is 13.7. The Kier molecular flexibility index (Phi) is 5.95. The number of benzene rings is 2. The van der Waals surface area contributed by atoms with Gasteiger partial charge in [-0.15, -0.1) is 0 Å².